The number of carbonyl (C=O) groups excluding carboxylic acids is 2. The van der Waals surface area contributed by atoms with Gasteiger partial charge in [0, 0.05) is 23.2 Å². The molecule has 2 aromatic rings. The lowest BCUT2D eigenvalue weighted by Gasteiger charge is -2.18. The summed E-state index contributed by atoms with van der Waals surface area (Å²) in [4.78, 5) is 23.8. The summed E-state index contributed by atoms with van der Waals surface area (Å²) in [5.74, 6) is -0.749. The van der Waals surface area contributed by atoms with Gasteiger partial charge in [0.2, 0.25) is 10.0 Å². The molecule has 0 fully saturated rings. The SMILES string of the molecule is CCN(CC)S(=O)(=O)c1ccc(NC(=O)COC(=O)COc2cccc(Br)c2)cc1. The highest BCUT2D eigenvalue weighted by molar-refractivity contribution is 9.10. The Hall–Kier alpha value is -2.43. The van der Waals surface area contributed by atoms with Gasteiger partial charge in [-0.2, -0.15) is 4.31 Å². The fourth-order valence-electron chi connectivity index (χ4n) is 2.51. The number of carbonyl (C=O) groups is 2. The second-order valence-electron chi connectivity index (χ2n) is 6.07. The molecule has 162 valence electrons. The van der Waals surface area contributed by atoms with Crippen LogP contribution < -0.4 is 10.1 Å². The summed E-state index contributed by atoms with van der Waals surface area (Å²) in [7, 11) is -3.57. The van der Waals surface area contributed by atoms with Gasteiger partial charge in [-0.15, -0.1) is 0 Å². The summed E-state index contributed by atoms with van der Waals surface area (Å²) < 4.78 is 37.2. The number of sulfonamides is 1. The van der Waals surface area contributed by atoms with Crippen molar-refractivity contribution in [2.45, 2.75) is 18.7 Å². The minimum absolute atomic E-state index is 0.139. The molecule has 2 aromatic carbocycles. The fourth-order valence-corrected chi connectivity index (χ4v) is 4.34. The zero-order valence-corrected chi connectivity index (χ0v) is 19.0. The van der Waals surface area contributed by atoms with Gasteiger partial charge in [0.1, 0.15) is 5.75 Å². The van der Waals surface area contributed by atoms with Crippen LogP contribution in [0.3, 0.4) is 0 Å². The number of nitrogens with one attached hydrogen (secondary N) is 1. The van der Waals surface area contributed by atoms with Crippen LogP contribution in [0.5, 0.6) is 5.75 Å². The Morgan fingerprint density at radius 3 is 2.30 bits per heavy atom. The van der Waals surface area contributed by atoms with Gasteiger partial charge in [0.25, 0.3) is 5.91 Å². The summed E-state index contributed by atoms with van der Waals surface area (Å²) in [5, 5.41) is 2.54. The van der Waals surface area contributed by atoms with Crippen LogP contribution in [0.15, 0.2) is 57.9 Å². The number of nitrogens with zero attached hydrogens (tertiary/aromatic N) is 1. The molecule has 1 N–H and O–H groups in total. The highest BCUT2D eigenvalue weighted by Gasteiger charge is 2.21. The second-order valence-corrected chi connectivity index (χ2v) is 8.92. The van der Waals surface area contributed by atoms with Crippen LogP contribution in [0.25, 0.3) is 0 Å². The topological polar surface area (TPSA) is 102 Å². The third-order valence-electron chi connectivity index (χ3n) is 4.00. The molecule has 0 bridgehead atoms. The van der Waals surface area contributed by atoms with Gasteiger partial charge in [0.15, 0.2) is 13.2 Å². The molecule has 0 aliphatic heterocycles. The number of ether oxygens (including phenoxy) is 2. The van der Waals surface area contributed by atoms with E-state index in [2.05, 4.69) is 21.2 Å². The maximum absolute atomic E-state index is 12.5. The van der Waals surface area contributed by atoms with Crippen LogP contribution in [0.4, 0.5) is 5.69 Å². The van der Waals surface area contributed by atoms with Crippen LogP contribution in [0, 0.1) is 0 Å². The molecule has 0 atom stereocenters. The number of benzene rings is 2. The Labute approximate surface area is 184 Å². The molecule has 0 heterocycles. The summed E-state index contributed by atoms with van der Waals surface area (Å²) in [6, 6.07) is 12.8. The fraction of sp³-hybridized carbons (Fsp3) is 0.300. The smallest absolute Gasteiger partial charge is 0.344 e. The van der Waals surface area contributed by atoms with E-state index in [9.17, 15) is 18.0 Å². The average molecular weight is 499 g/mol. The van der Waals surface area contributed by atoms with E-state index in [-0.39, 0.29) is 11.5 Å². The lowest BCUT2D eigenvalue weighted by molar-refractivity contribution is -0.149. The number of esters is 1. The molecule has 0 aliphatic rings. The normalized spacial score (nSPS) is 11.2. The first-order chi connectivity index (χ1) is 14.3. The maximum atomic E-state index is 12.5. The van der Waals surface area contributed by atoms with Crippen LogP contribution in [0.2, 0.25) is 0 Å². The van der Waals surface area contributed by atoms with Crippen LogP contribution in [0.1, 0.15) is 13.8 Å². The third-order valence-corrected chi connectivity index (χ3v) is 6.56. The Morgan fingerprint density at radius 2 is 1.70 bits per heavy atom. The molecule has 0 radical (unpaired) electrons. The number of amides is 1. The van der Waals surface area contributed by atoms with Gasteiger partial charge >= 0.3 is 5.97 Å². The zero-order valence-electron chi connectivity index (χ0n) is 16.6. The van der Waals surface area contributed by atoms with Crippen molar-refractivity contribution < 1.29 is 27.5 Å². The van der Waals surface area contributed by atoms with E-state index in [1.807, 2.05) is 6.07 Å². The third kappa shape index (κ3) is 6.82. The quantitative estimate of drug-likeness (QED) is 0.505. The van der Waals surface area contributed by atoms with Crippen molar-refractivity contribution in [3.05, 3.63) is 53.0 Å². The van der Waals surface area contributed by atoms with E-state index in [1.165, 1.54) is 28.6 Å². The minimum Gasteiger partial charge on any atom is -0.482 e. The Morgan fingerprint density at radius 1 is 1.03 bits per heavy atom. The van der Waals surface area contributed by atoms with E-state index >= 15 is 0 Å². The number of hydrogen-bond donors (Lipinski definition) is 1. The monoisotopic (exact) mass is 498 g/mol. The highest BCUT2D eigenvalue weighted by Crippen LogP contribution is 2.19. The summed E-state index contributed by atoms with van der Waals surface area (Å²) in [5.41, 5.74) is 0.389. The van der Waals surface area contributed by atoms with Gasteiger partial charge in [-0.1, -0.05) is 35.8 Å². The molecule has 0 aliphatic carbocycles. The number of hydrogen-bond acceptors (Lipinski definition) is 6. The van der Waals surface area contributed by atoms with Crippen molar-refractivity contribution >= 4 is 43.5 Å². The molecule has 0 saturated heterocycles. The van der Waals surface area contributed by atoms with E-state index in [4.69, 9.17) is 9.47 Å². The van der Waals surface area contributed by atoms with Gasteiger partial charge in [0.05, 0.1) is 4.90 Å². The van der Waals surface area contributed by atoms with E-state index in [1.54, 1.807) is 32.0 Å². The molecule has 1 amide bonds. The average Bonchev–Trinajstić information content (AvgIpc) is 2.72. The van der Waals surface area contributed by atoms with Gasteiger partial charge < -0.3 is 14.8 Å². The molecular weight excluding hydrogens is 476 g/mol. The van der Waals surface area contributed by atoms with Crippen molar-refractivity contribution in [2.75, 3.05) is 31.6 Å². The first-order valence-corrected chi connectivity index (χ1v) is 11.4. The summed E-state index contributed by atoms with van der Waals surface area (Å²) in [6.45, 7) is 3.45. The van der Waals surface area contributed by atoms with Crippen molar-refractivity contribution in [1.29, 1.82) is 0 Å². The Bertz CT molecular complexity index is 975. The molecular formula is C20H23BrN2O6S. The first kappa shape index (κ1) is 23.8. The predicted molar refractivity (Wildman–Crippen MR) is 116 cm³/mol. The molecule has 0 spiro atoms. The van der Waals surface area contributed by atoms with Crippen molar-refractivity contribution in [3.8, 4) is 5.75 Å². The largest absolute Gasteiger partial charge is 0.482 e. The van der Waals surface area contributed by atoms with E-state index in [0.29, 0.717) is 24.5 Å². The molecule has 0 aromatic heterocycles. The minimum atomic E-state index is -3.57. The summed E-state index contributed by atoms with van der Waals surface area (Å²) in [6.07, 6.45) is 0. The first-order valence-electron chi connectivity index (χ1n) is 9.20. The van der Waals surface area contributed by atoms with Crippen molar-refractivity contribution in [3.63, 3.8) is 0 Å². The van der Waals surface area contributed by atoms with Gasteiger partial charge in [-0.25, -0.2) is 13.2 Å². The van der Waals surface area contributed by atoms with Crippen LogP contribution in [-0.4, -0.2) is 50.9 Å². The van der Waals surface area contributed by atoms with Crippen molar-refractivity contribution in [2.24, 2.45) is 0 Å². The Kier molecular flexibility index (Phi) is 8.82. The number of rotatable bonds is 10. The standard InChI is InChI=1S/C20H23BrN2O6S/c1-3-23(4-2)30(26,27)18-10-8-16(9-11-18)22-19(24)13-29-20(25)14-28-17-7-5-6-15(21)12-17/h5-12H,3-4,13-14H2,1-2H3,(H,22,24). The lowest BCUT2D eigenvalue weighted by Crippen LogP contribution is -2.30. The van der Waals surface area contributed by atoms with Crippen molar-refractivity contribution in [1.82, 2.24) is 4.31 Å². The molecule has 10 heteroatoms. The summed E-state index contributed by atoms with van der Waals surface area (Å²) >= 11 is 3.30. The second kappa shape index (κ2) is 11.1. The van der Waals surface area contributed by atoms with Crippen LogP contribution in [-0.2, 0) is 24.3 Å². The predicted octanol–water partition coefficient (Wildman–Crippen LogP) is 3.04. The molecule has 0 unspecified atom stereocenters. The number of anilines is 1. The van der Waals surface area contributed by atoms with Gasteiger partial charge in [-0.3, -0.25) is 4.79 Å². The molecule has 8 nitrogen and oxygen atoms in total. The van der Waals surface area contributed by atoms with Gasteiger partial charge in [-0.05, 0) is 42.5 Å². The molecule has 2 rings (SSSR count). The molecule has 30 heavy (non-hydrogen) atoms. The number of halogens is 1. The Balaban J connectivity index is 1.82. The highest BCUT2D eigenvalue weighted by atomic mass is 79.9. The maximum Gasteiger partial charge on any atom is 0.344 e. The van der Waals surface area contributed by atoms with Crippen LogP contribution >= 0.6 is 15.9 Å². The van der Waals surface area contributed by atoms with E-state index < -0.39 is 28.5 Å². The van der Waals surface area contributed by atoms with E-state index in [0.717, 1.165) is 4.47 Å². The lowest BCUT2D eigenvalue weighted by atomic mass is 10.3. The molecule has 0 saturated carbocycles. The zero-order chi connectivity index (χ0) is 22.1.